The van der Waals surface area contributed by atoms with Crippen LogP contribution in [0.15, 0.2) is 34.4 Å². The Bertz CT molecular complexity index is 1050. The van der Waals surface area contributed by atoms with Gasteiger partial charge in [-0.3, -0.25) is 9.59 Å². The number of thiazole rings is 1. The summed E-state index contributed by atoms with van der Waals surface area (Å²) in [6.45, 7) is 4.38. The zero-order valence-corrected chi connectivity index (χ0v) is 16.7. The molecule has 28 heavy (non-hydrogen) atoms. The number of benzene rings is 1. The standard InChI is InChI=1S/C20H23N5O2S/c1-14-22-15(13-28-14)12-21-18(26)8-11-25-17-7-3-2-6-16(17)23-19(20(25)27)24-9-4-5-10-24/h2-3,6-7,13H,4-5,8-12H2,1H3,(H,21,26). The van der Waals surface area contributed by atoms with Crippen molar-refractivity contribution in [1.29, 1.82) is 0 Å². The number of fused-ring (bicyclic) bond motifs is 1. The third-order valence-electron chi connectivity index (χ3n) is 4.94. The molecule has 1 amide bonds. The molecule has 0 aliphatic carbocycles. The van der Waals surface area contributed by atoms with E-state index in [4.69, 9.17) is 0 Å². The summed E-state index contributed by atoms with van der Waals surface area (Å²) in [5, 5.41) is 5.81. The van der Waals surface area contributed by atoms with Gasteiger partial charge < -0.3 is 14.8 Å². The van der Waals surface area contributed by atoms with Crippen LogP contribution < -0.4 is 15.8 Å². The van der Waals surface area contributed by atoms with E-state index in [2.05, 4.69) is 20.2 Å². The van der Waals surface area contributed by atoms with E-state index in [0.717, 1.165) is 47.7 Å². The van der Waals surface area contributed by atoms with Crippen molar-refractivity contribution in [3.05, 3.63) is 50.7 Å². The summed E-state index contributed by atoms with van der Waals surface area (Å²) in [4.78, 5) is 36.4. The first-order valence-electron chi connectivity index (χ1n) is 9.54. The van der Waals surface area contributed by atoms with E-state index >= 15 is 0 Å². The fraction of sp³-hybridized carbons (Fsp3) is 0.400. The predicted octanol–water partition coefficient (Wildman–Crippen LogP) is 2.47. The topological polar surface area (TPSA) is 80.1 Å². The van der Waals surface area contributed by atoms with Crippen LogP contribution in [-0.4, -0.2) is 33.5 Å². The van der Waals surface area contributed by atoms with Gasteiger partial charge in [0, 0.05) is 31.4 Å². The lowest BCUT2D eigenvalue weighted by molar-refractivity contribution is -0.121. The molecule has 1 N–H and O–H groups in total. The van der Waals surface area contributed by atoms with Crippen molar-refractivity contribution in [2.24, 2.45) is 0 Å². The highest BCUT2D eigenvalue weighted by molar-refractivity contribution is 7.09. The van der Waals surface area contributed by atoms with Crippen molar-refractivity contribution in [3.8, 4) is 0 Å². The molecule has 1 saturated heterocycles. The van der Waals surface area contributed by atoms with Crippen LogP contribution in [0.1, 0.15) is 30.0 Å². The molecular weight excluding hydrogens is 374 g/mol. The summed E-state index contributed by atoms with van der Waals surface area (Å²) >= 11 is 1.56. The van der Waals surface area contributed by atoms with Crippen LogP contribution in [0.4, 0.5) is 5.82 Å². The molecule has 4 rings (SSSR count). The third-order valence-corrected chi connectivity index (χ3v) is 5.76. The van der Waals surface area contributed by atoms with Crippen LogP contribution in [0.5, 0.6) is 0 Å². The number of hydrogen-bond acceptors (Lipinski definition) is 6. The monoisotopic (exact) mass is 397 g/mol. The van der Waals surface area contributed by atoms with Crippen molar-refractivity contribution in [2.75, 3.05) is 18.0 Å². The molecule has 3 aromatic rings. The van der Waals surface area contributed by atoms with Gasteiger partial charge in [-0.05, 0) is 31.9 Å². The molecule has 2 aromatic heterocycles. The number of rotatable bonds is 6. The van der Waals surface area contributed by atoms with Crippen LogP contribution in [0.2, 0.25) is 0 Å². The van der Waals surface area contributed by atoms with Gasteiger partial charge in [-0.25, -0.2) is 9.97 Å². The molecule has 0 saturated carbocycles. The number of nitrogens with zero attached hydrogens (tertiary/aromatic N) is 4. The molecule has 0 atom stereocenters. The average Bonchev–Trinajstić information content (AvgIpc) is 3.37. The highest BCUT2D eigenvalue weighted by Crippen LogP contribution is 2.18. The fourth-order valence-electron chi connectivity index (χ4n) is 3.52. The fourth-order valence-corrected chi connectivity index (χ4v) is 4.13. The van der Waals surface area contributed by atoms with Crippen LogP contribution in [0, 0.1) is 6.92 Å². The average molecular weight is 398 g/mol. The second kappa shape index (κ2) is 8.10. The second-order valence-corrected chi connectivity index (χ2v) is 8.02. The first-order valence-corrected chi connectivity index (χ1v) is 10.4. The largest absolute Gasteiger partial charge is 0.352 e. The summed E-state index contributed by atoms with van der Waals surface area (Å²) in [6, 6.07) is 7.60. The second-order valence-electron chi connectivity index (χ2n) is 6.96. The number of hydrogen-bond donors (Lipinski definition) is 1. The normalized spacial score (nSPS) is 14.0. The number of carbonyl (C=O) groups excluding carboxylic acids is 1. The zero-order chi connectivity index (χ0) is 19.5. The van der Waals surface area contributed by atoms with Crippen molar-refractivity contribution in [1.82, 2.24) is 19.9 Å². The number of aryl methyl sites for hydroxylation is 2. The lowest BCUT2D eigenvalue weighted by atomic mass is 10.2. The Morgan fingerprint density at radius 1 is 1.21 bits per heavy atom. The Kier molecular flexibility index (Phi) is 5.38. The molecule has 3 heterocycles. The molecule has 1 aromatic carbocycles. The smallest absolute Gasteiger partial charge is 0.294 e. The van der Waals surface area contributed by atoms with Gasteiger partial charge >= 0.3 is 0 Å². The Balaban J connectivity index is 1.52. The number of aromatic nitrogens is 3. The minimum atomic E-state index is -0.122. The van der Waals surface area contributed by atoms with E-state index in [1.54, 1.807) is 15.9 Å². The van der Waals surface area contributed by atoms with Crippen LogP contribution in [0.25, 0.3) is 11.0 Å². The van der Waals surface area contributed by atoms with Gasteiger partial charge in [0.2, 0.25) is 5.91 Å². The number of para-hydroxylation sites is 2. The van der Waals surface area contributed by atoms with Crippen LogP contribution in [-0.2, 0) is 17.9 Å². The summed E-state index contributed by atoms with van der Waals surface area (Å²) in [6.07, 6.45) is 2.38. The van der Waals surface area contributed by atoms with E-state index in [9.17, 15) is 9.59 Å². The first-order chi connectivity index (χ1) is 13.6. The first kappa shape index (κ1) is 18.6. The number of amides is 1. The lowest BCUT2D eigenvalue weighted by Crippen LogP contribution is -2.33. The molecule has 0 radical (unpaired) electrons. The van der Waals surface area contributed by atoms with Crippen molar-refractivity contribution >= 4 is 34.1 Å². The van der Waals surface area contributed by atoms with Crippen LogP contribution in [0.3, 0.4) is 0 Å². The number of carbonyl (C=O) groups is 1. The van der Waals surface area contributed by atoms with Gasteiger partial charge in [-0.1, -0.05) is 12.1 Å². The van der Waals surface area contributed by atoms with Gasteiger partial charge in [0.05, 0.1) is 28.3 Å². The quantitative estimate of drug-likeness (QED) is 0.691. The predicted molar refractivity (Wildman–Crippen MR) is 111 cm³/mol. The molecule has 0 spiro atoms. The number of nitrogens with one attached hydrogen (secondary N) is 1. The maximum atomic E-state index is 13.1. The molecule has 0 unspecified atom stereocenters. The van der Waals surface area contributed by atoms with Gasteiger partial charge in [0.1, 0.15) is 0 Å². The summed E-state index contributed by atoms with van der Waals surface area (Å²) in [5.74, 6) is 0.399. The van der Waals surface area contributed by atoms with E-state index in [1.165, 1.54) is 0 Å². The Hall–Kier alpha value is -2.74. The Labute approximate surface area is 167 Å². The van der Waals surface area contributed by atoms with Crippen molar-refractivity contribution in [3.63, 3.8) is 0 Å². The van der Waals surface area contributed by atoms with Crippen molar-refractivity contribution < 1.29 is 4.79 Å². The molecule has 8 heteroatoms. The molecule has 146 valence electrons. The van der Waals surface area contributed by atoms with Gasteiger partial charge in [0.15, 0.2) is 5.82 Å². The van der Waals surface area contributed by atoms with Crippen molar-refractivity contribution in [2.45, 2.75) is 39.3 Å². The minimum absolute atomic E-state index is 0.0961. The maximum Gasteiger partial charge on any atom is 0.294 e. The zero-order valence-electron chi connectivity index (χ0n) is 15.9. The molecule has 7 nitrogen and oxygen atoms in total. The van der Waals surface area contributed by atoms with E-state index in [0.29, 0.717) is 18.9 Å². The van der Waals surface area contributed by atoms with Gasteiger partial charge in [0.25, 0.3) is 5.56 Å². The highest BCUT2D eigenvalue weighted by Gasteiger charge is 2.20. The molecular formula is C20H23N5O2S. The highest BCUT2D eigenvalue weighted by atomic mass is 32.1. The summed E-state index contributed by atoms with van der Waals surface area (Å²) in [5.41, 5.74) is 2.28. The van der Waals surface area contributed by atoms with Gasteiger partial charge in [-0.15, -0.1) is 11.3 Å². The molecule has 0 bridgehead atoms. The Morgan fingerprint density at radius 3 is 2.75 bits per heavy atom. The third kappa shape index (κ3) is 3.91. The SMILES string of the molecule is Cc1nc(CNC(=O)CCn2c(=O)c(N3CCCC3)nc3ccccc32)cs1. The van der Waals surface area contributed by atoms with Crippen LogP contribution >= 0.6 is 11.3 Å². The Morgan fingerprint density at radius 2 is 2.00 bits per heavy atom. The summed E-state index contributed by atoms with van der Waals surface area (Å²) < 4.78 is 1.68. The van der Waals surface area contributed by atoms with Gasteiger partial charge in [-0.2, -0.15) is 0 Å². The lowest BCUT2D eigenvalue weighted by Gasteiger charge is -2.19. The minimum Gasteiger partial charge on any atom is -0.352 e. The van der Waals surface area contributed by atoms with E-state index < -0.39 is 0 Å². The molecule has 1 aliphatic heterocycles. The number of anilines is 1. The molecule has 1 aliphatic rings. The summed E-state index contributed by atoms with van der Waals surface area (Å²) in [7, 11) is 0. The molecule has 1 fully saturated rings. The van der Waals surface area contributed by atoms with E-state index in [-0.39, 0.29) is 17.9 Å². The maximum absolute atomic E-state index is 13.1. The van der Waals surface area contributed by atoms with E-state index in [1.807, 2.05) is 36.6 Å².